The molecule has 1 heterocycles. The molecule has 0 radical (unpaired) electrons. The van der Waals surface area contributed by atoms with Gasteiger partial charge in [-0.25, -0.2) is 9.78 Å². The number of nitro benzene ring substituents is 1. The zero-order valence-electron chi connectivity index (χ0n) is 9.82. The van der Waals surface area contributed by atoms with Crippen LogP contribution in [0.25, 0.3) is 0 Å². The van der Waals surface area contributed by atoms with Gasteiger partial charge < -0.3 is 9.84 Å². The first-order chi connectivity index (χ1) is 9.49. The number of rotatable bonds is 4. The molecule has 0 fully saturated rings. The van der Waals surface area contributed by atoms with Gasteiger partial charge in [-0.3, -0.25) is 10.1 Å². The Labute approximate surface area is 117 Å². The average Bonchev–Trinajstić information content (AvgIpc) is 2.38. The fourth-order valence-corrected chi connectivity index (χ4v) is 1.62. The molecule has 0 atom stereocenters. The lowest BCUT2D eigenvalue weighted by Gasteiger charge is -2.07. The van der Waals surface area contributed by atoms with Crippen LogP contribution in [0.5, 0.6) is 11.6 Å². The summed E-state index contributed by atoms with van der Waals surface area (Å²) in [6.07, 6.45) is 1.32. The minimum Gasteiger partial charge on any atom is -0.477 e. The molecule has 0 spiro atoms. The van der Waals surface area contributed by atoms with Gasteiger partial charge in [0.1, 0.15) is 5.56 Å². The summed E-state index contributed by atoms with van der Waals surface area (Å²) < 4.78 is 5.23. The third-order valence-corrected chi connectivity index (χ3v) is 2.56. The van der Waals surface area contributed by atoms with Crippen molar-refractivity contribution in [2.45, 2.75) is 0 Å². The van der Waals surface area contributed by atoms with Crippen molar-refractivity contribution >= 4 is 23.3 Å². The van der Waals surface area contributed by atoms with Crippen LogP contribution in [-0.4, -0.2) is 21.0 Å². The number of ether oxygens (including phenoxy) is 1. The Bertz CT molecular complexity index is 689. The summed E-state index contributed by atoms with van der Waals surface area (Å²) in [5.74, 6) is -1.67. The number of carboxylic acid groups (broad SMARTS) is 1. The number of nitro groups is 1. The van der Waals surface area contributed by atoms with Gasteiger partial charge in [0.25, 0.3) is 0 Å². The van der Waals surface area contributed by atoms with Crippen LogP contribution >= 0.6 is 11.6 Å². The van der Waals surface area contributed by atoms with Crippen molar-refractivity contribution < 1.29 is 19.6 Å². The number of hydrogen-bond donors (Lipinski definition) is 1. The second kappa shape index (κ2) is 5.54. The Kier molecular flexibility index (Phi) is 3.81. The monoisotopic (exact) mass is 294 g/mol. The fraction of sp³-hybridized carbons (Fsp3) is 0. The Morgan fingerprint density at radius 2 is 2.15 bits per heavy atom. The lowest BCUT2D eigenvalue weighted by Crippen LogP contribution is -2.02. The largest absolute Gasteiger partial charge is 0.477 e. The first-order valence-corrected chi connectivity index (χ1v) is 5.67. The number of carboxylic acids is 1. The van der Waals surface area contributed by atoms with Gasteiger partial charge >= 0.3 is 11.7 Å². The minimum absolute atomic E-state index is 0.177. The van der Waals surface area contributed by atoms with E-state index in [2.05, 4.69) is 4.98 Å². The van der Waals surface area contributed by atoms with E-state index in [-0.39, 0.29) is 27.9 Å². The highest BCUT2D eigenvalue weighted by Crippen LogP contribution is 2.34. The molecule has 2 aromatic rings. The van der Waals surface area contributed by atoms with Crippen molar-refractivity contribution in [1.82, 2.24) is 4.98 Å². The van der Waals surface area contributed by atoms with Gasteiger partial charge in [-0.05, 0) is 18.2 Å². The third kappa shape index (κ3) is 2.83. The van der Waals surface area contributed by atoms with Crippen LogP contribution in [0.1, 0.15) is 10.4 Å². The summed E-state index contributed by atoms with van der Waals surface area (Å²) >= 11 is 5.75. The van der Waals surface area contributed by atoms with Crippen LogP contribution in [0, 0.1) is 10.1 Å². The summed E-state index contributed by atoms with van der Waals surface area (Å²) in [7, 11) is 0. The van der Waals surface area contributed by atoms with Gasteiger partial charge in [-0.15, -0.1) is 0 Å². The van der Waals surface area contributed by atoms with E-state index in [9.17, 15) is 14.9 Å². The molecule has 2 rings (SSSR count). The summed E-state index contributed by atoms with van der Waals surface area (Å²) in [6.45, 7) is 0. The maximum absolute atomic E-state index is 11.0. The summed E-state index contributed by atoms with van der Waals surface area (Å²) in [4.78, 5) is 25.0. The lowest BCUT2D eigenvalue weighted by atomic mass is 10.2. The number of aromatic nitrogens is 1. The van der Waals surface area contributed by atoms with Gasteiger partial charge in [0.15, 0.2) is 0 Å². The number of benzene rings is 1. The quantitative estimate of drug-likeness (QED) is 0.686. The van der Waals surface area contributed by atoms with E-state index in [1.807, 2.05) is 0 Å². The molecule has 20 heavy (non-hydrogen) atoms. The van der Waals surface area contributed by atoms with Crippen molar-refractivity contribution in [3.05, 3.63) is 57.2 Å². The predicted molar refractivity (Wildman–Crippen MR) is 69.4 cm³/mol. The van der Waals surface area contributed by atoms with Crippen LogP contribution in [0.15, 0.2) is 36.5 Å². The summed E-state index contributed by atoms with van der Waals surface area (Å²) in [5, 5.41) is 20.1. The standard InChI is InChI=1S/C12H7ClN2O5/c13-7-3-4-9(15(18)19)10(6-7)20-11-8(12(16)17)2-1-5-14-11/h1-6H,(H,16,17). The average molecular weight is 295 g/mol. The van der Waals surface area contributed by atoms with Crippen molar-refractivity contribution in [2.75, 3.05) is 0 Å². The van der Waals surface area contributed by atoms with E-state index in [4.69, 9.17) is 21.4 Å². The van der Waals surface area contributed by atoms with Gasteiger partial charge in [-0.2, -0.15) is 0 Å². The van der Waals surface area contributed by atoms with Gasteiger partial charge in [0.2, 0.25) is 11.6 Å². The van der Waals surface area contributed by atoms with Gasteiger partial charge in [0.05, 0.1) is 4.92 Å². The number of halogens is 1. The zero-order chi connectivity index (χ0) is 14.7. The maximum atomic E-state index is 11.0. The van der Waals surface area contributed by atoms with Crippen LogP contribution in [0.4, 0.5) is 5.69 Å². The van der Waals surface area contributed by atoms with Crippen LogP contribution in [0.2, 0.25) is 5.02 Å². The second-order valence-corrected chi connectivity index (χ2v) is 4.07. The molecule has 0 saturated heterocycles. The smallest absolute Gasteiger partial charge is 0.341 e. The SMILES string of the molecule is O=C(O)c1cccnc1Oc1cc(Cl)ccc1[N+](=O)[O-]. The van der Waals surface area contributed by atoms with E-state index < -0.39 is 10.9 Å². The van der Waals surface area contributed by atoms with Crippen LogP contribution in [-0.2, 0) is 0 Å². The zero-order valence-corrected chi connectivity index (χ0v) is 10.6. The fourth-order valence-electron chi connectivity index (χ4n) is 1.46. The number of carbonyl (C=O) groups is 1. The predicted octanol–water partition coefficient (Wildman–Crippen LogP) is 3.13. The molecule has 0 amide bonds. The van der Waals surface area contributed by atoms with E-state index >= 15 is 0 Å². The third-order valence-electron chi connectivity index (χ3n) is 2.33. The normalized spacial score (nSPS) is 10.1. The summed E-state index contributed by atoms with van der Waals surface area (Å²) in [5.41, 5.74) is -0.543. The van der Waals surface area contributed by atoms with E-state index in [0.29, 0.717) is 0 Å². The Hall–Kier alpha value is -2.67. The number of hydrogen-bond acceptors (Lipinski definition) is 5. The molecule has 1 aromatic carbocycles. The second-order valence-electron chi connectivity index (χ2n) is 3.63. The highest BCUT2D eigenvalue weighted by Gasteiger charge is 2.19. The molecule has 0 bridgehead atoms. The first-order valence-electron chi connectivity index (χ1n) is 5.29. The molecule has 0 aliphatic carbocycles. The van der Waals surface area contributed by atoms with Crippen molar-refractivity contribution in [1.29, 1.82) is 0 Å². The molecule has 0 saturated carbocycles. The number of aromatic carboxylic acids is 1. The molecule has 1 N–H and O–H groups in total. The highest BCUT2D eigenvalue weighted by molar-refractivity contribution is 6.30. The van der Waals surface area contributed by atoms with Crippen molar-refractivity contribution in [2.24, 2.45) is 0 Å². The molecule has 0 aliphatic heterocycles. The molecule has 8 heteroatoms. The minimum atomic E-state index is -1.25. The van der Waals surface area contributed by atoms with E-state index in [1.165, 1.54) is 36.5 Å². The topological polar surface area (TPSA) is 103 Å². The molecular formula is C12H7ClN2O5. The van der Waals surface area contributed by atoms with Gasteiger partial charge in [-0.1, -0.05) is 11.6 Å². The maximum Gasteiger partial charge on any atom is 0.341 e. The Morgan fingerprint density at radius 3 is 2.80 bits per heavy atom. The van der Waals surface area contributed by atoms with Crippen LogP contribution in [0.3, 0.4) is 0 Å². The van der Waals surface area contributed by atoms with E-state index in [1.54, 1.807) is 0 Å². The molecule has 0 aliphatic rings. The van der Waals surface area contributed by atoms with Gasteiger partial charge in [0, 0.05) is 23.4 Å². The van der Waals surface area contributed by atoms with E-state index in [0.717, 1.165) is 0 Å². The lowest BCUT2D eigenvalue weighted by molar-refractivity contribution is -0.385. The highest BCUT2D eigenvalue weighted by atomic mass is 35.5. The molecular weight excluding hydrogens is 288 g/mol. The first kappa shape index (κ1) is 13.8. The number of nitrogens with zero attached hydrogens (tertiary/aromatic N) is 2. The van der Waals surface area contributed by atoms with Crippen molar-refractivity contribution in [3.8, 4) is 11.6 Å². The van der Waals surface area contributed by atoms with Crippen molar-refractivity contribution in [3.63, 3.8) is 0 Å². The molecule has 102 valence electrons. The Morgan fingerprint density at radius 1 is 1.40 bits per heavy atom. The molecule has 0 unspecified atom stereocenters. The van der Waals surface area contributed by atoms with Crippen LogP contribution < -0.4 is 4.74 Å². The number of pyridine rings is 1. The summed E-state index contributed by atoms with van der Waals surface area (Å²) in [6, 6.07) is 6.42. The Balaban J connectivity index is 2.47. The molecule has 7 nitrogen and oxygen atoms in total. The molecule has 1 aromatic heterocycles.